The Balaban J connectivity index is 1.37. The van der Waals surface area contributed by atoms with Crippen molar-refractivity contribution in [1.82, 2.24) is 20.4 Å². The van der Waals surface area contributed by atoms with Gasteiger partial charge in [-0.2, -0.15) is 4.98 Å². The number of hydrogen-bond acceptors (Lipinski definition) is 5. The second kappa shape index (κ2) is 8.57. The second-order valence-electron chi connectivity index (χ2n) is 7.64. The summed E-state index contributed by atoms with van der Waals surface area (Å²) in [6.07, 6.45) is 1.89. The summed E-state index contributed by atoms with van der Waals surface area (Å²) in [6.45, 7) is 6.84. The van der Waals surface area contributed by atoms with Crippen molar-refractivity contribution in [1.29, 1.82) is 0 Å². The Hall–Kier alpha value is -2.99. The number of nitrogens with one attached hydrogen (secondary N) is 1. The fraction of sp³-hybridized carbons (Fsp3) is 0.348. The highest BCUT2D eigenvalue weighted by molar-refractivity contribution is 6.00. The van der Waals surface area contributed by atoms with E-state index in [4.69, 9.17) is 4.52 Å². The number of likely N-dealkylation sites (tertiary alicyclic amines) is 1. The summed E-state index contributed by atoms with van der Waals surface area (Å²) in [6, 6.07) is 16.1. The molecule has 1 N–H and O–H groups in total. The molecular weight excluding hydrogens is 364 g/mol. The first-order valence-electron chi connectivity index (χ1n) is 10.1. The summed E-state index contributed by atoms with van der Waals surface area (Å²) >= 11 is 0. The average Bonchev–Trinajstić information content (AvgIpc) is 3.17. The molecule has 2 heterocycles. The van der Waals surface area contributed by atoms with Gasteiger partial charge in [0, 0.05) is 25.7 Å². The molecule has 4 rings (SSSR count). The van der Waals surface area contributed by atoms with Crippen LogP contribution in [0.25, 0.3) is 11.5 Å². The van der Waals surface area contributed by atoms with Gasteiger partial charge in [-0.1, -0.05) is 41.6 Å². The summed E-state index contributed by atoms with van der Waals surface area (Å²) in [5.74, 6) is 0.839. The molecule has 0 spiro atoms. The first-order valence-corrected chi connectivity index (χ1v) is 10.1. The van der Waals surface area contributed by atoms with Gasteiger partial charge in [0.15, 0.2) is 5.82 Å². The molecular formula is C23H26N4O2. The summed E-state index contributed by atoms with van der Waals surface area (Å²) < 4.78 is 5.26. The Morgan fingerprint density at radius 2 is 1.83 bits per heavy atom. The van der Waals surface area contributed by atoms with Crippen LogP contribution in [-0.4, -0.2) is 40.1 Å². The molecule has 0 saturated carbocycles. The number of carbonyl (C=O) groups is 1. The lowest BCUT2D eigenvalue weighted by Gasteiger charge is -2.32. The Kier molecular flexibility index (Phi) is 5.71. The van der Waals surface area contributed by atoms with E-state index >= 15 is 0 Å². The van der Waals surface area contributed by atoms with Gasteiger partial charge >= 0.3 is 0 Å². The number of hydrogen-bond donors (Lipinski definition) is 1. The maximum Gasteiger partial charge on any atom is 0.258 e. The van der Waals surface area contributed by atoms with Crippen LogP contribution in [-0.2, 0) is 6.54 Å². The van der Waals surface area contributed by atoms with Crippen LogP contribution in [0.5, 0.6) is 0 Å². The molecule has 6 heteroatoms. The standard InChI is InChI=1S/C23H26N4O2/c1-16-7-3-4-8-18(16)15-27-13-11-19(12-14-27)25-22(28)20-9-5-6-10-21(20)23-24-17(2)26-29-23/h3-10,19H,11-15H2,1-2H3,(H,25,28). The fourth-order valence-electron chi connectivity index (χ4n) is 3.80. The molecule has 1 aliphatic heterocycles. The van der Waals surface area contributed by atoms with Crippen molar-refractivity contribution in [2.75, 3.05) is 13.1 Å². The van der Waals surface area contributed by atoms with Gasteiger partial charge in [-0.15, -0.1) is 0 Å². The second-order valence-corrected chi connectivity index (χ2v) is 7.64. The predicted octanol–water partition coefficient (Wildman–Crippen LogP) is 3.75. The molecule has 0 unspecified atom stereocenters. The predicted molar refractivity (Wildman–Crippen MR) is 111 cm³/mol. The lowest BCUT2D eigenvalue weighted by atomic mass is 10.0. The van der Waals surface area contributed by atoms with Crippen molar-refractivity contribution >= 4 is 5.91 Å². The molecule has 1 saturated heterocycles. The van der Waals surface area contributed by atoms with E-state index in [1.165, 1.54) is 11.1 Å². The van der Waals surface area contributed by atoms with Crippen LogP contribution in [0.15, 0.2) is 53.1 Å². The van der Waals surface area contributed by atoms with Crippen LogP contribution < -0.4 is 5.32 Å². The van der Waals surface area contributed by atoms with Crippen LogP contribution in [0, 0.1) is 13.8 Å². The molecule has 150 valence electrons. The lowest BCUT2D eigenvalue weighted by Crippen LogP contribution is -2.44. The molecule has 6 nitrogen and oxygen atoms in total. The average molecular weight is 390 g/mol. The van der Waals surface area contributed by atoms with Crippen LogP contribution in [0.4, 0.5) is 0 Å². The van der Waals surface area contributed by atoms with Crippen LogP contribution in [0.1, 0.15) is 40.2 Å². The molecule has 1 aliphatic rings. The zero-order valence-electron chi connectivity index (χ0n) is 16.9. The minimum absolute atomic E-state index is 0.0891. The highest BCUT2D eigenvalue weighted by Crippen LogP contribution is 2.23. The molecule has 29 heavy (non-hydrogen) atoms. The molecule has 0 atom stereocenters. The molecule has 1 aromatic heterocycles. The molecule has 1 fully saturated rings. The summed E-state index contributed by atoms with van der Waals surface area (Å²) in [4.78, 5) is 19.6. The number of piperidine rings is 1. The van der Waals surface area contributed by atoms with E-state index in [-0.39, 0.29) is 11.9 Å². The Bertz CT molecular complexity index is 990. The Morgan fingerprint density at radius 3 is 2.55 bits per heavy atom. The Labute approximate surface area is 170 Å². The number of nitrogens with zero attached hydrogens (tertiary/aromatic N) is 3. The first-order chi connectivity index (χ1) is 14.1. The van der Waals surface area contributed by atoms with Gasteiger partial charge in [0.05, 0.1) is 11.1 Å². The first kappa shape index (κ1) is 19.3. The van der Waals surface area contributed by atoms with Crippen molar-refractivity contribution in [2.24, 2.45) is 0 Å². The number of benzene rings is 2. The Morgan fingerprint density at radius 1 is 1.10 bits per heavy atom. The molecule has 1 amide bonds. The maximum absolute atomic E-state index is 12.9. The lowest BCUT2D eigenvalue weighted by molar-refractivity contribution is 0.0909. The minimum Gasteiger partial charge on any atom is -0.349 e. The fourth-order valence-corrected chi connectivity index (χ4v) is 3.80. The van der Waals surface area contributed by atoms with E-state index < -0.39 is 0 Å². The topological polar surface area (TPSA) is 71.3 Å². The zero-order valence-corrected chi connectivity index (χ0v) is 16.9. The third-order valence-electron chi connectivity index (χ3n) is 5.51. The van der Waals surface area contributed by atoms with Crippen molar-refractivity contribution in [3.05, 3.63) is 71.0 Å². The highest BCUT2D eigenvalue weighted by Gasteiger charge is 2.23. The van der Waals surface area contributed by atoms with Gasteiger partial charge in [-0.25, -0.2) is 0 Å². The molecule has 0 bridgehead atoms. The number of aromatic nitrogens is 2. The number of amides is 1. The molecule has 3 aromatic rings. The number of carbonyl (C=O) groups excluding carboxylic acids is 1. The van der Waals surface area contributed by atoms with Crippen LogP contribution >= 0.6 is 0 Å². The van der Waals surface area contributed by atoms with E-state index in [2.05, 4.69) is 51.5 Å². The highest BCUT2D eigenvalue weighted by atomic mass is 16.5. The molecule has 0 aliphatic carbocycles. The summed E-state index contributed by atoms with van der Waals surface area (Å²) in [5, 5.41) is 7.03. The van der Waals surface area contributed by atoms with Gasteiger partial charge < -0.3 is 9.84 Å². The zero-order chi connectivity index (χ0) is 20.2. The van der Waals surface area contributed by atoms with Crippen molar-refractivity contribution in [3.8, 4) is 11.5 Å². The third kappa shape index (κ3) is 4.54. The molecule has 0 radical (unpaired) electrons. The van der Waals surface area contributed by atoms with Gasteiger partial charge in [0.2, 0.25) is 0 Å². The van der Waals surface area contributed by atoms with E-state index in [0.29, 0.717) is 22.8 Å². The van der Waals surface area contributed by atoms with Gasteiger partial charge in [-0.3, -0.25) is 9.69 Å². The van der Waals surface area contributed by atoms with Crippen molar-refractivity contribution in [2.45, 2.75) is 39.3 Å². The van der Waals surface area contributed by atoms with E-state index in [1.54, 1.807) is 13.0 Å². The summed E-state index contributed by atoms with van der Waals surface area (Å²) in [5.41, 5.74) is 3.94. The monoisotopic (exact) mass is 390 g/mol. The van der Waals surface area contributed by atoms with Gasteiger partial charge in [-0.05, 0) is 49.9 Å². The van der Waals surface area contributed by atoms with E-state index in [9.17, 15) is 4.79 Å². The summed E-state index contributed by atoms with van der Waals surface area (Å²) in [7, 11) is 0. The smallest absolute Gasteiger partial charge is 0.258 e. The van der Waals surface area contributed by atoms with E-state index in [1.807, 2.05) is 18.2 Å². The molecule has 2 aromatic carbocycles. The largest absolute Gasteiger partial charge is 0.349 e. The van der Waals surface area contributed by atoms with Crippen LogP contribution in [0.3, 0.4) is 0 Å². The van der Waals surface area contributed by atoms with Gasteiger partial charge in [0.1, 0.15) is 0 Å². The van der Waals surface area contributed by atoms with Crippen molar-refractivity contribution in [3.63, 3.8) is 0 Å². The SMILES string of the molecule is Cc1noc(-c2ccccc2C(=O)NC2CCN(Cc3ccccc3C)CC2)n1. The van der Waals surface area contributed by atoms with Crippen LogP contribution in [0.2, 0.25) is 0 Å². The normalized spacial score (nSPS) is 15.4. The maximum atomic E-state index is 12.9. The number of rotatable bonds is 5. The third-order valence-corrected chi connectivity index (χ3v) is 5.51. The number of aryl methyl sites for hydroxylation is 2. The minimum atomic E-state index is -0.0891. The quantitative estimate of drug-likeness (QED) is 0.718. The van der Waals surface area contributed by atoms with Crippen molar-refractivity contribution < 1.29 is 9.32 Å². The van der Waals surface area contributed by atoms with Gasteiger partial charge in [0.25, 0.3) is 11.8 Å². The van der Waals surface area contributed by atoms with E-state index in [0.717, 1.165) is 32.5 Å².